The summed E-state index contributed by atoms with van der Waals surface area (Å²) in [6.45, 7) is 6.31. The molecule has 1 fully saturated rings. The van der Waals surface area contributed by atoms with Gasteiger partial charge in [0.1, 0.15) is 5.75 Å². The molecule has 1 aliphatic carbocycles. The van der Waals surface area contributed by atoms with Gasteiger partial charge in [-0.2, -0.15) is 0 Å². The molecule has 1 aliphatic rings. The maximum atomic E-state index is 5.79. The van der Waals surface area contributed by atoms with E-state index in [1.54, 1.807) is 0 Å². The highest BCUT2D eigenvalue weighted by molar-refractivity contribution is 5.28. The van der Waals surface area contributed by atoms with Crippen LogP contribution in [0.15, 0.2) is 24.3 Å². The molecule has 0 aromatic heterocycles. The van der Waals surface area contributed by atoms with E-state index in [0.29, 0.717) is 0 Å². The van der Waals surface area contributed by atoms with Crippen molar-refractivity contribution >= 4 is 0 Å². The summed E-state index contributed by atoms with van der Waals surface area (Å²) in [7, 11) is 0. The van der Waals surface area contributed by atoms with Crippen LogP contribution in [0.2, 0.25) is 0 Å². The van der Waals surface area contributed by atoms with Gasteiger partial charge in [-0.1, -0.05) is 26.0 Å². The Hall–Kier alpha value is -1.02. The van der Waals surface area contributed by atoms with Crippen LogP contribution in [0.1, 0.15) is 45.1 Å². The number of benzene rings is 1. The summed E-state index contributed by atoms with van der Waals surface area (Å²) >= 11 is 0. The predicted octanol–water partition coefficient (Wildman–Crippen LogP) is 3.75. The Morgan fingerprint density at radius 1 is 1.33 bits per heavy atom. The fourth-order valence-electron chi connectivity index (χ4n) is 1.98. The molecule has 1 aromatic rings. The van der Waals surface area contributed by atoms with Crippen LogP contribution in [0.25, 0.3) is 0 Å². The van der Waals surface area contributed by atoms with Crippen LogP contribution in [0.4, 0.5) is 0 Å². The van der Waals surface area contributed by atoms with Crippen molar-refractivity contribution in [2.45, 2.75) is 52.1 Å². The molecular weight excluding hydrogens is 222 g/mol. The van der Waals surface area contributed by atoms with Crippen LogP contribution in [-0.2, 0) is 6.54 Å². The number of ether oxygens (including phenoxy) is 1. The third-order valence-corrected chi connectivity index (χ3v) is 3.27. The maximum absolute atomic E-state index is 5.79. The van der Waals surface area contributed by atoms with E-state index < -0.39 is 0 Å². The molecule has 2 heteroatoms. The zero-order valence-corrected chi connectivity index (χ0v) is 11.6. The molecule has 1 saturated carbocycles. The van der Waals surface area contributed by atoms with Gasteiger partial charge in [0.25, 0.3) is 0 Å². The van der Waals surface area contributed by atoms with Gasteiger partial charge in [-0.05, 0) is 49.3 Å². The Kier molecular flexibility index (Phi) is 5.06. The first-order valence-corrected chi connectivity index (χ1v) is 7.19. The number of hydrogen-bond acceptors (Lipinski definition) is 2. The van der Waals surface area contributed by atoms with Crippen LogP contribution in [0, 0.1) is 5.92 Å². The summed E-state index contributed by atoms with van der Waals surface area (Å²) in [5.41, 5.74) is 1.32. The van der Waals surface area contributed by atoms with Gasteiger partial charge < -0.3 is 10.1 Å². The zero-order valence-electron chi connectivity index (χ0n) is 11.6. The summed E-state index contributed by atoms with van der Waals surface area (Å²) in [5, 5.41) is 3.53. The summed E-state index contributed by atoms with van der Waals surface area (Å²) in [6.07, 6.45) is 5.06. The predicted molar refractivity (Wildman–Crippen MR) is 75.9 cm³/mol. The second-order valence-corrected chi connectivity index (χ2v) is 5.69. The van der Waals surface area contributed by atoms with Gasteiger partial charge in [0.2, 0.25) is 0 Å². The number of nitrogens with one attached hydrogen (secondary N) is 1. The third-order valence-electron chi connectivity index (χ3n) is 3.27. The lowest BCUT2D eigenvalue weighted by molar-refractivity contribution is 0.297. The van der Waals surface area contributed by atoms with E-state index in [4.69, 9.17) is 4.74 Å². The van der Waals surface area contributed by atoms with E-state index >= 15 is 0 Å². The summed E-state index contributed by atoms with van der Waals surface area (Å²) < 4.78 is 5.79. The van der Waals surface area contributed by atoms with Crippen LogP contribution in [-0.4, -0.2) is 12.6 Å². The third kappa shape index (κ3) is 5.09. The Morgan fingerprint density at radius 2 is 2.17 bits per heavy atom. The van der Waals surface area contributed by atoms with E-state index in [1.807, 2.05) is 0 Å². The van der Waals surface area contributed by atoms with Crippen molar-refractivity contribution in [2.24, 2.45) is 5.92 Å². The molecule has 100 valence electrons. The second kappa shape index (κ2) is 6.79. The molecule has 0 aliphatic heterocycles. The van der Waals surface area contributed by atoms with E-state index in [0.717, 1.165) is 37.3 Å². The molecule has 0 unspecified atom stereocenters. The summed E-state index contributed by atoms with van der Waals surface area (Å²) in [4.78, 5) is 0. The molecule has 18 heavy (non-hydrogen) atoms. The summed E-state index contributed by atoms with van der Waals surface area (Å²) in [6, 6.07) is 9.22. The molecule has 0 spiro atoms. The lowest BCUT2D eigenvalue weighted by Crippen LogP contribution is -2.15. The lowest BCUT2D eigenvalue weighted by Gasteiger charge is -2.09. The summed E-state index contributed by atoms with van der Waals surface area (Å²) in [5.74, 6) is 1.77. The average Bonchev–Trinajstić information content (AvgIpc) is 3.17. The van der Waals surface area contributed by atoms with Crippen molar-refractivity contribution in [3.8, 4) is 5.75 Å². The second-order valence-electron chi connectivity index (χ2n) is 5.69. The first kappa shape index (κ1) is 13.4. The van der Waals surface area contributed by atoms with E-state index in [2.05, 4.69) is 43.4 Å². The average molecular weight is 247 g/mol. The minimum atomic E-state index is 0.764. The normalized spacial score (nSPS) is 15.1. The van der Waals surface area contributed by atoms with Crippen LogP contribution in [0.3, 0.4) is 0 Å². The van der Waals surface area contributed by atoms with Gasteiger partial charge in [-0.15, -0.1) is 0 Å². The van der Waals surface area contributed by atoms with Crippen molar-refractivity contribution in [2.75, 3.05) is 6.61 Å². The largest absolute Gasteiger partial charge is 0.494 e. The topological polar surface area (TPSA) is 21.3 Å². The van der Waals surface area contributed by atoms with Gasteiger partial charge in [0.15, 0.2) is 0 Å². The monoisotopic (exact) mass is 247 g/mol. The minimum absolute atomic E-state index is 0.764. The van der Waals surface area contributed by atoms with Crippen molar-refractivity contribution in [3.05, 3.63) is 29.8 Å². The Morgan fingerprint density at radius 3 is 2.89 bits per heavy atom. The molecule has 1 aromatic carbocycles. The molecule has 2 nitrogen and oxygen atoms in total. The Bertz CT molecular complexity index is 358. The minimum Gasteiger partial charge on any atom is -0.494 e. The van der Waals surface area contributed by atoms with Gasteiger partial charge in [-0.25, -0.2) is 0 Å². The van der Waals surface area contributed by atoms with Crippen molar-refractivity contribution in [1.82, 2.24) is 5.32 Å². The molecular formula is C16H25NO. The van der Waals surface area contributed by atoms with Crippen LogP contribution in [0.5, 0.6) is 5.75 Å². The fourth-order valence-corrected chi connectivity index (χ4v) is 1.98. The highest BCUT2D eigenvalue weighted by atomic mass is 16.5. The molecule has 2 rings (SSSR count). The SMILES string of the molecule is CC(C)CCCOc1cccc(CNC2CC2)c1. The number of hydrogen-bond donors (Lipinski definition) is 1. The van der Waals surface area contributed by atoms with Gasteiger partial charge in [0.05, 0.1) is 6.61 Å². The van der Waals surface area contributed by atoms with E-state index in [1.165, 1.54) is 24.8 Å². The number of rotatable bonds is 8. The van der Waals surface area contributed by atoms with Gasteiger partial charge in [0, 0.05) is 12.6 Å². The highest BCUT2D eigenvalue weighted by Crippen LogP contribution is 2.20. The van der Waals surface area contributed by atoms with Crippen molar-refractivity contribution in [1.29, 1.82) is 0 Å². The lowest BCUT2D eigenvalue weighted by atomic mass is 10.1. The van der Waals surface area contributed by atoms with Crippen molar-refractivity contribution in [3.63, 3.8) is 0 Å². The molecule has 1 N–H and O–H groups in total. The van der Waals surface area contributed by atoms with E-state index in [9.17, 15) is 0 Å². The molecule has 0 bridgehead atoms. The van der Waals surface area contributed by atoms with Gasteiger partial charge >= 0.3 is 0 Å². The first-order chi connectivity index (χ1) is 8.74. The molecule has 0 saturated heterocycles. The van der Waals surface area contributed by atoms with E-state index in [-0.39, 0.29) is 0 Å². The highest BCUT2D eigenvalue weighted by Gasteiger charge is 2.19. The Balaban J connectivity index is 1.71. The zero-order chi connectivity index (χ0) is 12.8. The molecule has 0 radical (unpaired) electrons. The quantitative estimate of drug-likeness (QED) is 0.706. The molecule has 0 amide bonds. The molecule has 0 heterocycles. The van der Waals surface area contributed by atoms with Crippen LogP contribution >= 0.6 is 0 Å². The smallest absolute Gasteiger partial charge is 0.119 e. The maximum Gasteiger partial charge on any atom is 0.119 e. The first-order valence-electron chi connectivity index (χ1n) is 7.19. The Labute approximate surface area is 111 Å². The van der Waals surface area contributed by atoms with Gasteiger partial charge in [-0.3, -0.25) is 0 Å². The molecule has 0 atom stereocenters. The van der Waals surface area contributed by atoms with Crippen LogP contribution < -0.4 is 10.1 Å². The fraction of sp³-hybridized carbons (Fsp3) is 0.625. The van der Waals surface area contributed by atoms with Crippen molar-refractivity contribution < 1.29 is 4.74 Å². The standard InChI is InChI=1S/C16H25NO/c1-13(2)5-4-10-18-16-7-3-6-14(11-16)12-17-15-8-9-15/h3,6-7,11,13,15,17H,4-5,8-10,12H2,1-2H3.